The van der Waals surface area contributed by atoms with Crippen LogP contribution in [0.25, 0.3) is 0 Å². The van der Waals surface area contributed by atoms with Crippen molar-refractivity contribution in [3.05, 3.63) is 53.6 Å². The van der Waals surface area contributed by atoms with E-state index in [4.69, 9.17) is 14.2 Å². The summed E-state index contributed by atoms with van der Waals surface area (Å²) in [4.78, 5) is 4.53. The molecule has 0 saturated carbocycles. The second kappa shape index (κ2) is 13.5. The van der Waals surface area contributed by atoms with E-state index in [1.807, 2.05) is 57.2 Å². The first-order valence-electron chi connectivity index (χ1n) is 11.1. The number of hydrogen-bond donors (Lipinski definition) is 3. The van der Waals surface area contributed by atoms with Gasteiger partial charge in [-0.25, -0.2) is 0 Å². The summed E-state index contributed by atoms with van der Waals surface area (Å²) in [6.45, 7) is 7.78. The highest BCUT2D eigenvalue weighted by Gasteiger charge is 2.09. The van der Waals surface area contributed by atoms with Crippen molar-refractivity contribution in [3.8, 4) is 17.2 Å². The van der Waals surface area contributed by atoms with E-state index < -0.39 is 6.10 Å². The largest absolute Gasteiger partial charge is 0.493 e. The molecule has 0 aromatic heterocycles. The minimum Gasteiger partial charge on any atom is -0.493 e. The van der Waals surface area contributed by atoms with E-state index in [2.05, 4.69) is 21.7 Å². The Morgan fingerprint density at radius 3 is 2.34 bits per heavy atom. The summed E-state index contributed by atoms with van der Waals surface area (Å²) >= 11 is 0. The molecule has 0 aliphatic heterocycles. The van der Waals surface area contributed by atoms with Gasteiger partial charge in [-0.1, -0.05) is 18.2 Å². The van der Waals surface area contributed by atoms with E-state index in [0.717, 1.165) is 48.7 Å². The molecule has 0 radical (unpaired) electrons. The number of ether oxygens (including phenoxy) is 3. The zero-order valence-electron chi connectivity index (χ0n) is 19.9. The Morgan fingerprint density at radius 2 is 1.72 bits per heavy atom. The maximum Gasteiger partial charge on any atom is 0.191 e. The average molecular weight is 444 g/mol. The molecule has 3 N–H and O–H groups in total. The van der Waals surface area contributed by atoms with Gasteiger partial charge in [-0.2, -0.15) is 0 Å². The van der Waals surface area contributed by atoms with Gasteiger partial charge in [0.1, 0.15) is 5.75 Å². The van der Waals surface area contributed by atoms with Crippen molar-refractivity contribution in [2.45, 2.75) is 45.8 Å². The summed E-state index contributed by atoms with van der Waals surface area (Å²) < 4.78 is 16.3. The number of aliphatic hydroxyl groups is 1. The second-order valence-electron chi connectivity index (χ2n) is 7.69. The zero-order chi connectivity index (χ0) is 23.3. The topological polar surface area (TPSA) is 84.3 Å². The number of aryl methyl sites for hydroxylation is 1. The number of nitrogens with zero attached hydrogens (tertiary/aromatic N) is 1. The molecule has 0 aliphatic rings. The van der Waals surface area contributed by atoms with Crippen molar-refractivity contribution in [3.63, 3.8) is 0 Å². The standard InChI is InChI=1S/C25H37N3O4/c1-6-26-25(27-15-7-8-19-9-14-23(30-4)24(16-19)31-5)28-17-22(29)20-10-12-21(13-11-20)32-18(2)3/h9-14,16,18,22,29H,6-8,15,17H2,1-5H3,(H2,26,27,28). The number of rotatable bonds is 12. The molecule has 7 nitrogen and oxygen atoms in total. The van der Waals surface area contributed by atoms with E-state index in [1.165, 1.54) is 5.56 Å². The first kappa shape index (κ1) is 25.3. The number of methoxy groups -OCH3 is 2. The molecule has 0 amide bonds. The smallest absolute Gasteiger partial charge is 0.191 e. The molecule has 0 saturated heterocycles. The SMILES string of the molecule is CCNC(=NCC(O)c1ccc(OC(C)C)cc1)NCCCc1ccc(OC)c(OC)c1. The first-order valence-corrected chi connectivity index (χ1v) is 11.1. The molecular weight excluding hydrogens is 406 g/mol. The van der Waals surface area contributed by atoms with Gasteiger partial charge in [0, 0.05) is 13.1 Å². The lowest BCUT2D eigenvalue weighted by Crippen LogP contribution is -2.38. The van der Waals surface area contributed by atoms with Crippen molar-refractivity contribution < 1.29 is 19.3 Å². The molecule has 0 fully saturated rings. The summed E-state index contributed by atoms with van der Waals surface area (Å²) in [6, 6.07) is 13.5. The maximum absolute atomic E-state index is 10.5. The van der Waals surface area contributed by atoms with Gasteiger partial charge in [0.05, 0.1) is 33.0 Å². The van der Waals surface area contributed by atoms with Crippen molar-refractivity contribution >= 4 is 5.96 Å². The number of guanidine groups is 1. The first-order chi connectivity index (χ1) is 15.5. The molecule has 2 aromatic carbocycles. The zero-order valence-corrected chi connectivity index (χ0v) is 19.9. The second-order valence-corrected chi connectivity index (χ2v) is 7.69. The third-order valence-corrected chi connectivity index (χ3v) is 4.79. The van der Waals surface area contributed by atoms with Crippen LogP contribution in [0.3, 0.4) is 0 Å². The Morgan fingerprint density at radius 1 is 1.00 bits per heavy atom. The molecule has 32 heavy (non-hydrogen) atoms. The lowest BCUT2D eigenvalue weighted by molar-refractivity contribution is 0.186. The lowest BCUT2D eigenvalue weighted by atomic mass is 10.1. The Bertz CT molecular complexity index is 838. The number of hydrogen-bond acceptors (Lipinski definition) is 5. The number of aliphatic imine (C=N–C) groups is 1. The molecule has 0 bridgehead atoms. The fraction of sp³-hybridized carbons (Fsp3) is 0.480. The molecule has 7 heteroatoms. The van der Waals surface area contributed by atoms with Gasteiger partial charge < -0.3 is 30.0 Å². The molecule has 0 spiro atoms. The molecule has 2 aromatic rings. The number of benzene rings is 2. The Hall–Kier alpha value is -2.93. The Balaban J connectivity index is 1.84. The van der Waals surface area contributed by atoms with Crippen molar-refractivity contribution in [2.75, 3.05) is 33.9 Å². The highest BCUT2D eigenvalue weighted by molar-refractivity contribution is 5.79. The Labute approximate surface area is 191 Å². The van der Waals surface area contributed by atoms with Crippen LogP contribution < -0.4 is 24.8 Å². The van der Waals surface area contributed by atoms with Crippen molar-refractivity contribution in [1.82, 2.24) is 10.6 Å². The van der Waals surface area contributed by atoms with Crippen LogP contribution in [0.2, 0.25) is 0 Å². The van der Waals surface area contributed by atoms with Gasteiger partial charge in [-0.05, 0) is 69.0 Å². The third kappa shape index (κ3) is 8.30. The molecule has 1 atom stereocenters. The van der Waals surface area contributed by atoms with E-state index in [-0.39, 0.29) is 12.6 Å². The average Bonchev–Trinajstić information content (AvgIpc) is 2.79. The fourth-order valence-corrected chi connectivity index (χ4v) is 3.20. The van der Waals surface area contributed by atoms with Gasteiger partial charge >= 0.3 is 0 Å². The fourth-order valence-electron chi connectivity index (χ4n) is 3.20. The van der Waals surface area contributed by atoms with Crippen LogP contribution in [0, 0.1) is 0 Å². The Kier molecular flexibility index (Phi) is 10.7. The van der Waals surface area contributed by atoms with Gasteiger partial charge in [-0.3, -0.25) is 4.99 Å². The number of aliphatic hydroxyl groups excluding tert-OH is 1. The van der Waals surface area contributed by atoms with Gasteiger partial charge in [0.25, 0.3) is 0 Å². The van der Waals surface area contributed by atoms with Gasteiger partial charge in [0.2, 0.25) is 0 Å². The van der Waals surface area contributed by atoms with E-state index in [0.29, 0.717) is 5.96 Å². The van der Waals surface area contributed by atoms with E-state index >= 15 is 0 Å². The van der Waals surface area contributed by atoms with Crippen molar-refractivity contribution in [1.29, 1.82) is 0 Å². The maximum atomic E-state index is 10.5. The summed E-state index contributed by atoms with van der Waals surface area (Å²) in [6.07, 6.45) is 1.28. The predicted octanol–water partition coefficient (Wildman–Crippen LogP) is 3.71. The summed E-state index contributed by atoms with van der Waals surface area (Å²) in [5.41, 5.74) is 2.00. The quantitative estimate of drug-likeness (QED) is 0.263. The predicted molar refractivity (Wildman–Crippen MR) is 129 cm³/mol. The van der Waals surface area contributed by atoms with Gasteiger partial charge in [0.15, 0.2) is 17.5 Å². The highest BCUT2D eigenvalue weighted by Crippen LogP contribution is 2.27. The minimum absolute atomic E-state index is 0.121. The van der Waals surface area contributed by atoms with Crippen LogP contribution in [-0.4, -0.2) is 51.0 Å². The van der Waals surface area contributed by atoms with Crippen LogP contribution in [0.5, 0.6) is 17.2 Å². The van der Waals surface area contributed by atoms with Crippen molar-refractivity contribution in [2.24, 2.45) is 4.99 Å². The van der Waals surface area contributed by atoms with E-state index in [1.54, 1.807) is 14.2 Å². The highest BCUT2D eigenvalue weighted by atomic mass is 16.5. The molecule has 2 rings (SSSR count). The third-order valence-electron chi connectivity index (χ3n) is 4.79. The van der Waals surface area contributed by atoms with Crippen LogP contribution in [0.4, 0.5) is 0 Å². The van der Waals surface area contributed by atoms with E-state index in [9.17, 15) is 5.11 Å². The summed E-state index contributed by atoms with van der Waals surface area (Å²) in [7, 11) is 3.28. The molecule has 1 unspecified atom stereocenters. The normalized spacial score (nSPS) is 12.4. The van der Waals surface area contributed by atoms with Crippen LogP contribution in [0.15, 0.2) is 47.5 Å². The monoisotopic (exact) mass is 443 g/mol. The lowest BCUT2D eigenvalue weighted by Gasteiger charge is -2.14. The minimum atomic E-state index is -0.676. The molecule has 176 valence electrons. The summed E-state index contributed by atoms with van der Waals surface area (Å²) in [5, 5.41) is 17.1. The van der Waals surface area contributed by atoms with Gasteiger partial charge in [-0.15, -0.1) is 0 Å². The van der Waals surface area contributed by atoms with Crippen LogP contribution in [-0.2, 0) is 6.42 Å². The van der Waals surface area contributed by atoms with Crippen LogP contribution >= 0.6 is 0 Å². The molecule has 0 heterocycles. The summed E-state index contributed by atoms with van der Waals surface area (Å²) in [5.74, 6) is 2.96. The van der Waals surface area contributed by atoms with Crippen LogP contribution in [0.1, 0.15) is 44.4 Å². The number of nitrogens with one attached hydrogen (secondary N) is 2. The molecular formula is C25H37N3O4. The molecule has 0 aliphatic carbocycles.